The van der Waals surface area contributed by atoms with Crippen LogP contribution in [0.2, 0.25) is 19.6 Å². The van der Waals surface area contributed by atoms with Gasteiger partial charge in [-0.25, -0.2) is 0 Å². The van der Waals surface area contributed by atoms with E-state index in [1.807, 2.05) is 0 Å². The van der Waals surface area contributed by atoms with E-state index in [0.29, 0.717) is 11.0 Å². The van der Waals surface area contributed by atoms with Crippen molar-refractivity contribution in [3.63, 3.8) is 0 Å². The van der Waals surface area contributed by atoms with Crippen LogP contribution >= 0.6 is 0 Å². The highest BCUT2D eigenvalue weighted by atomic mass is 28.3. The maximum absolute atomic E-state index is 4.04. The highest BCUT2D eigenvalue weighted by molar-refractivity contribution is 6.88. The third-order valence-electron chi connectivity index (χ3n) is 6.84. The number of nitrogens with one attached hydrogen (secondary N) is 1. The van der Waals surface area contributed by atoms with E-state index in [-0.39, 0.29) is 0 Å². The van der Waals surface area contributed by atoms with Crippen LogP contribution in [0.25, 0.3) is 0 Å². The van der Waals surface area contributed by atoms with Crippen LogP contribution in [0.4, 0.5) is 0 Å². The quantitative estimate of drug-likeness (QED) is 0.792. The minimum Gasteiger partial charge on any atom is -0.307 e. The molecule has 0 radical (unpaired) electrons. The van der Waals surface area contributed by atoms with Crippen LogP contribution in [0.5, 0.6) is 0 Å². The lowest BCUT2D eigenvalue weighted by molar-refractivity contribution is -0.0726. The zero-order chi connectivity index (χ0) is 16.3. The van der Waals surface area contributed by atoms with Gasteiger partial charge in [-0.3, -0.25) is 0 Å². The number of hydrogen-bond acceptors (Lipinski definition) is 1. The molecule has 0 saturated heterocycles. The molecule has 23 heavy (non-hydrogen) atoms. The van der Waals surface area contributed by atoms with E-state index in [0.717, 1.165) is 18.4 Å². The number of benzene rings is 1. The summed E-state index contributed by atoms with van der Waals surface area (Å²) in [6.07, 6.45) is 8.80. The maximum Gasteiger partial charge on any atom is 0.0775 e. The zero-order valence-corrected chi connectivity index (χ0v) is 16.4. The minimum atomic E-state index is -1.17. The summed E-state index contributed by atoms with van der Waals surface area (Å²) in [5, 5.41) is 5.61. The Bertz CT molecular complexity index is 569. The van der Waals surface area contributed by atoms with Crippen molar-refractivity contribution in [2.24, 2.45) is 17.3 Å². The molecular formula is C21H33NSi. The predicted molar refractivity (Wildman–Crippen MR) is 102 cm³/mol. The molecule has 1 nitrogen and oxygen atoms in total. The molecule has 0 spiro atoms. The van der Waals surface area contributed by atoms with Gasteiger partial charge in [-0.1, -0.05) is 56.0 Å². The second-order valence-corrected chi connectivity index (χ2v) is 15.4. The van der Waals surface area contributed by atoms with Gasteiger partial charge < -0.3 is 5.32 Å². The highest BCUT2D eigenvalue weighted by Gasteiger charge is 2.55. The molecule has 0 amide bonds. The summed E-state index contributed by atoms with van der Waals surface area (Å²) in [7, 11) is -1.17. The van der Waals surface area contributed by atoms with Gasteiger partial charge in [0.1, 0.15) is 0 Å². The second kappa shape index (κ2) is 5.19. The van der Waals surface area contributed by atoms with E-state index < -0.39 is 8.07 Å². The molecule has 0 heterocycles. The van der Waals surface area contributed by atoms with Gasteiger partial charge in [0.05, 0.1) is 8.07 Å². The molecule has 0 aliphatic heterocycles. The van der Waals surface area contributed by atoms with Gasteiger partial charge in [0, 0.05) is 12.1 Å². The fourth-order valence-electron chi connectivity index (χ4n) is 6.34. The summed E-state index contributed by atoms with van der Waals surface area (Å²) in [6.45, 7) is 10.9. The normalized spacial score (nSPS) is 39.0. The SMILES string of the molecule is CC12CC3CC(C1)CC(NCc1ccc([Si](C)(C)C)cc1)(C3)C2. The molecule has 4 bridgehead atoms. The van der Waals surface area contributed by atoms with Gasteiger partial charge >= 0.3 is 0 Å². The lowest BCUT2D eigenvalue weighted by atomic mass is 9.47. The monoisotopic (exact) mass is 327 g/mol. The Balaban J connectivity index is 1.45. The fraction of sp³-hybridized carbons (Fsp3) is 0.714. The standard InChI is InChI=1S/C21H33NSi/c1-20-10-17-9-18(11-20)13-21(12-17,15-20)22-14-16-5-7-19(8-6-16)23(2,3)4/h5-8,17-18,22H,9-15H2,1-4H3. The van der Waals surface area contributed by atoms with Crippen molar-refractivity contribution in [3.8, 4) is 0 Å². The fourth-order valence-corrected chi connectivity index (χ4v) is 7.51. The summed E-state index contributed by atoms with van der Waals surface area (Å²) in [5.41, 5.74) is 2.56. The van der Waals surface area contributed by atoms with Crippen molar-refractivity contribution in [1.82, 2.24) is 5.32 Å². The first kappa shape index (κ1) is 15.9. The maximum atomic E-state index is 4.04. The van der Waals surface area contributed by atoms with E-state index >= 15 is 0 Å². The van der Waals surface area contributed by atoms with Crippen molar-refractivity contribution < 1.29 is 0 Å². The van der Waals surface area contributed by atoms with E-state index in [4.69, 9.17) is 0 Å². The van der Waals surface area contributed by atoms with Gasteiger partial charge in [0.15, 0.2) is 0 Å². The van der Waals surface area contributed by atoms with Crippen LogP contribution < -0.4 is 10.5 Å². The molecule has 126 valence electrons. The number of hydrogen-bond donors (Lipinski definition) is 1. The van der Waals surface area contributed by atoms with Crippen LogP contribution in [0, 0.1) is 17.3 Å². The van der Waals surface area contributed by atoms with E-state index in [2.05, 4.69) is 56.1 Å². The molecular weight excluding hydrogens is 294 g/mol. The Morgan fingerprint density at radius 3 is 2.13 bits per heavy atom. The van der Waals surface area contributed by atoms with Gasteiger partial charge in [-0.2, -0.15) is 0 Å². The summed E-state index contributed by atoms with van der Waals surface area (Å²) in [6, 6.07) is 9.49. The van der Waals surface area contributed by atoms with Crippen LogP contribution in [-0.4, -0.2) is 13.6 Å². The molecule has 4 saturated carbocycles. The molecule has 4 aliphatic carbocycles. The smallest absolute Gasteiger partial charge is 0.0775 e. The third kappa shape index (κ3) is 3.05. The predicted octanol–water partition coefficient (Wildman–Crippen LogP) is 4.68. The van der Waals surface area contributed by atoms with Crippen molar-refractivity contribution in [2.45, 2.75) is 77.2 Å². The van der Waals surface area contributed by atoms with Gasteiger partial charge in [-0.15, -0.1) is 0 Å². The van der Waals surface area contributed by atoms with Crippen molar-refractivity contribution in [3.05, 3.63) is 29.8 Å². The summed E-state index contributed by atoms with van der Waals surface area (Å²) in [5.74, 6) is 2.01. The first-order valence-corrected chi connectivity index (χ1v) is 13.1. The summed E-state index contributed by atoms with van der Waals surface area (Å²) < 4.78 is 0. The van der Waals surface area contributed by atoms with E-state index in [1.165, 1.54) is 44.1 Å². The molecule has 5 rings (SSSR count). The Labute approximate surface area is 143 Å². The zero-order valence-electron chi connectivity index (χ0n) is 15.4. The molecule has 4 fully saturated rings. The molecule has 1 aromatic rings. The molecule has 2 heteroatoms. The van der Waals surface area contributed by atoms with Crippen LogP contribution in [0.1, 0.15) is 51.0 Å². The topological polar surface area (TPSA) is 12.0 Å². The van der Waals surface area contributed by atoms with Crippen molar-refractivity contribution >= 4 is 13.3 Å². The second-order valence-electron chi connectivity index (χ2n) is 10.4. The molecule has 0 aromatic heterocycles. The van der Waals surface area contributed by atoms with E-state index in [1.54, 1.807) is 5.19 Å². The van der Waals surface area contributed by atoms with Crippen LogP contribution in [-0.2, 0) is 6.54 Å². The summed E-state index contributed by atoms with van der Waals surface area (Å²) >= 11 is 0. The first-order chi connectivity index (χ1) is 10.8. The molecule has 2 atom stereocenters. The van der Waals surface area contributed by atoms with Gasteiger partial charge in [0.25, 0.3) is 0 Å². The lowest BCUT2D eigenvalue weighted by Crippen LogP contribution is -2.61. The van der Waals surface area contributed by atoms with E-state index in [9.17, 15) is 0 Å². The van der Waals surface area contributed by atoms with Crippen molar-refractivity contribution in [2.75, 3.05) is 0 Å². The average Bonchev–Trinajstić information content (AvgIpc) is 2.42. The van der Waals surface area contributed by atoms with Crippen LogP contribution in [0.15, 0.2) is 24.3 Å². The van der Waals surface area contributed by atoms with Crippen molar-refractivity contribution in [1.29, 1.82) is 0 Å². The first-order valence-electron chi connectivity index (χ1n) is 9.60. The Kier molecular flexibility index (Phi) is 3.59. The molecule has 2 unspecified atom stereocenters. The number of rotatable bonds is 4. The Hall–Kier alpha value is -0.603. The minimum absolute atomic E-state index is 0.455. The van der Waals surface area contributed by atoms with Gasteiger partial charge in [0.2, 0.25) is 0 Å². The lowest BCUT2D eigenvalue weighted by Gasteiger charge is -2.61. The molecule has 1 aromatic carbocycles. The van der Waals surface area contributed by atoms with Gasteiger partial charge in [-0.05, 0) is 61.3 Å². The van der Waals surface area contributed by atoms with Crippen LogP contribution in [0.3, 0.4) is 0 Å². The largest absolute Gasteiger partial charge is 0.307 e. The highest BCUT2D eigenvalue weighted by Crippen LogP contribution is 2.61. The molecule has 4 aliphatic rings. The Morgan fingerprint density at radius 2 is 1.61 bits per heavy atom. The third-order valence-corrected chi connectivity index (χ3v) is 8.91. The Morgan fingerprint density at radius 1 is 1.00 bits per heavy atom. The summed E-state index contributed by atoms with van der Waals surface area (Å²) in [4.78, 5) is 0. The molecule has 1 N–H and O–H groups in total. The average molecular weight is 328 g/mol.